The molecular weight excluding hydrogens is 180 g/mol. The van der Waals surface area contributed by atoms with Crippen molar-refractivity contribution in [1.82, 2.24) is 10.2 Å². The number of nitrogens with zero attached hydrogens (tertiary/aromatic N) is 1. The first-order valence-corrected chi connectivity index (χ1v) is 5.24. The molecule has 0 saturated carbocycles. The maximum absolute atomic E-state index is 11.3. The van der Waals surface area contributed by atoms with Gasteiger partial charge in [-0.25, -0.2) is 0 Å². The lowest BCUT2D eigenvalue weighted by Crippen LogP contribution is -2.41. The van der Waals surface area contributed by atoms with Crippen LogP contribution in [0.2, 0.25) is 0 Å². The van der Waals surface area contributed by atoms with E-state index in [1.165, 1.54) is 0 Å². The molecule has 0 aromatic heterocycles. The van der Waals surface area contributed by atoms with E-state index >= 15 is 0 Å². The summed E-state index contributed by atoms with van der Waals surface area (Å²) in [4.78, 5) is 13.4. The highest BCUT2D eigenvalue weighted by Crippen LogP contribution is 2.14. The van der Waals surface area contributed by atoms with Crippen molar-refractivity contribution in [2.75, 3.05) is 20.2 Å². The maximum atomic E-state index is 11.3. The Kier molecular flexibility index (Phi) is 4.35. The van der Waals surface area contributed by atoms with Crippen molar-refractivity contribution in [3.05, 3.63) is 0 Å². The van der Waals surface area contributed by atoms with Crippen LogP contribution in [-0.4, -0.2) is 48.2 Å². The highest BCUT2D eigenvalue weighted by atomic mass is 16.3. The van der Waals surface area contributed by atoms with Gasteiger partial charge in [0.05, 0.1) is 6.61 Å². The van der Waals surface area contributed by atoms with Gasteiger partial charge in [-0.1, -0.05) is 0 Å². The first-order valence-electron chi connectivity index (χ1n) is 5.24. The molecule has 4 nitrogen and oxygen atoms in total. The maximum Gasteiger partial charge on any atom is 0.221 e. The monoisotopic (exact) mass is 200 g/mol. The molecule has 2 unspecified atom stereocenters. The van der Waals surface area contributed by atoms with E-state index in [0.29, 0.717) is 6.42 Å². The number of hydrogen-bond donors (Lipinski definition) is 2. The van der Waals surface area contributed by atoms with Gasteiger partial charge in [0.15, 0.2) is 0 Å². The third-order valence-corrected chi connectivity index (χ3v) is 2.99. The van der Waals surface area contributed by atoms with Gasteiger partial charge >= 0.3 is 0 Å². The predicted octanol–water partition coefficient (Wildman–Crippen LogP) is -0.0323. The molecule has 1 rings (SSSR count). The Labute approximate surface area is 85.3 Å². The fraction of sp³-hybridized carbons (Fsp3) is 0.900. The van der Waals surface area contributed by atoms with Crippen molar-refractivity contribution in [3.8, 4) is 0 Å². The van der Waals surface area contributed by atoms with Crippen molar-refractivity contribution in [2.24, 2.45) is 0 Å². The molecule has 1 aliphatic heterocycles. The second kappa shape index (κ2) is 5.32. The first-order chi connectivity index (χ1) is 6.65. The fourth-order valence-electron chi connectivity index (χ4n) is 1.79. The average molecular weight is 200 g/mol. The summed E-state index contributed by atoms with van der Waals surface area (Å²) in [7, 11) is 1.98. The molecule has 4 heteroatoms. The van der Waals surface area contributed by atoms with Crippen LogP contribution in [0.1, 0.15) is 26.2 Å². The van der Waals surface area contributed by atoms with Gasteiger partial charge in [0.2, 0.25) is 5.91 Å². The number of amides is 1. The van der Waals surface area contributed by atoms with E-state index in [9.17, 15) is 4.79 Å². The second-order valence-corrected chi connectivity index (χ2v) is 4.05. The van der Waals surface area contributed by atoms with Crippen LogP contribution < -0.4 is 5.32 Å². The van der Waals surface area contributed by atoms with Crippen molar-refractivity contribution in [1.29, 1.82) is 0 Å². The van der Waals surface area contributed by atoms with Crippen LogP contribution in [0.5, 0.6) is 0 Å². The normalized spacial score (nSPS) is 25.7. The average Bonchev–Trinajstić information content (AvgIpc) is 2.40. The van der Waals surface area contributed by atoms with E-state index in [1.807, 2.05) is 14.0 Å². The molecule has 0 aromatic carbocycles. The number of nitrogens with one attached hydrogen (secondary N) is 1. The lowest BCUT2D eigenvalue weighted by molar-refractivity contribution is -0.121. The summed E-state index contributed by atoms with van der Waals surface area (Å²) < 4.78 is 0. The number of aliphatic hydroxyl groups is 1. The van der Waals surface area contributed by atoms with Gasteiger partial charge in [0, 0.05) is 25.0 Å². The molecule has 1 saturated heterocycles. The molecule has 0 bridgehead atoms. The highest BCUT2D eigenvalue weighted by Gasteiger charge is 2.23. The molecule has 0 radical (unpaired) electrons. The summed E-state index contributed by atoms with van der Waals surface area (Å²) in [5.74, 6) is 0.129. The van der Waals surface area contributed by atoms with E-state index < -0.39 is 0 Å². The predicted molar refractivity (Wildman–Crippen MR) is 55.0 cm³/mol. The lowest BCUT2D eigenvalue weighted by atomic mass is 10.1. The molecule has 1 amide bonds. The zero-order valence-corrected chi connectivity index (χ0v) is 8.99. The Morgan fingerprint density at radius 3 is 3.07 bits per heavy atom. The fourth-order valence-corrected chi connectivity index (χ4v) is 1.79. The van der Waals surface area contributed by atoms with Crippen molar-refractivity contribution in [2.45, 2.75) is 38.3 Å². The second-order valence-electron chi connectivity index (χ2n) is 4.05. The summed E-state index contributed by atoms with van der Waals surface area (Å²) in [5.41, 5.74) is 0. The Morgan fingerprint density at radius 1 is 1.71 bits per heavy atom. The SMILES string of the molecule is CC(CO)N(C)C1CCCNC(=O)C1. The van der Waals surface area contributed by atoms with E-state index in [1.54, 1.807) is 0 Å². The van der Waals surface area contributed by atoms with Crippen LogP contribution in [0.3, 0.4) is 0 Å². The molecule has 0 spiro atoms. The molecule has 1 heterocycles. The minimum absolute atomic E-state index is 0.129. The summed E-state index contributed by atoms with van der Waals surface area (Å²) in [6, 6.07) is 0.408. The van der Waals surface area contributed by atoms with E-state index in [2.05, 4.69) is 10.2 Å². The van der Waals surface area contributed by atoms with Gasteiger partial charge in [0.25, 0.3) is 0 Å². The van der Waals surface area contributed by atoms with E-state index in [0.717, 1.165) is 19.4 Å². The van der Waals surface area contributed by atoms with Crippen LogP contribution in [0, 0.1) is 0 Å². The van der Waals surface area contributed by atoms with Gasteiger partial charge in [-0.3, -0.25) is 9.69 Å². The molecule has 1 fully saturated rings. The van der Waals surface area contributed by atoms with Crippen LogP contribution >= 0.6 is 0 Å². The van der Waals surface area contributed by atoms with E-state index in [-0.39, 0.29) is 24.6 Å². The first kappa shape index (κ1) is 11.5. The van der Waals surface area contributed by atoms with Gasteiger partial charge in [0.1, 0.15) is 0 Å². The third-order valence-electron chi connectivity index (χ3n) is 2.99. The molecule has 14 heavy (non-hydrogen) atoms. The Hall–Kier alpha value is -0.610. The minimum Gasteiger partial charge on any atom is -0.395 e. The number of carbonyl (C=O) groups is 1. The molecule has 1 aliphatic rings. The van der Waals surface area contributed by atoms with Gasteiger partial charge < -0.3 is 10.4 Å². The van der Waals surface area contributed by atoms with Gasteiger partial charge in [-0.15, -0.1) is 0 Å². The zero-order chi connectivity index (χ0) is 10.6. The summed E-state index contributed by atoms with van der Waals surface area (Å²) in [5, 5.41) is 11.9. The van der Waals surface area contributed by atoms with Crippen molar-refractivity contribution in [3.63, 3.8) is 0 Å². The number of likely N-dealkylation sites (N-methyl/N-ethyl adjacent to an activating group) is 1. The quantitative estimate of drug-likeness (QED) is 0.672. The molecular formula is C10H20N2O2. The number of rotatable bonds is 3. The Morgan fingerprint density at radius 2 is 2.43 bits per heavy atom. The molecule has 0 aromatic rings. The van der Waals surface area contributed by atoms with Crippen LogP contribution in [0.25, 0.3) is 0 Å². The standard InChI is InChI=1S/C10H20N2O2/c1-8(7-13)12(2)9-4-3-5-11-10(14)6-9/h8-9,13H,3-7H2,1-2H3,(H,11,14). The van der Waals surface area contributed by atoms with Gasteiger partial charge in [-0.05, 0) is 26.8 Å². The third kappa shape index (κ3) is 2.96. The minimum atomic E-state index is 0.129. The molecule has 2 atom stereocenters. The largest absolute Gasteiger partial charge is 0.395 e. The summed E-state index contributed by atoms with van der Waals surface area (Å²) in [6.45, 7) is 2.91. The topological polar surface area (TPSA) is 52.6 Å². The molecule has 0 aliphatic carbocycles. The van der Waals surface area contributed by atoms with Crippen LogP contribution in [-0.2, 0) is 4.79 Å². The van der Waals surface area contributed by atoms with Crippen molar-refractivity contribution < 1.29 is 9.90 Å². The molecule has 82 valence electrons. The Bertz CT molecular complexity index is 197. The zero-order valence-electron chi connectivity index (χ0n) is 8.99. The van der Waals surface area contributed by atoms with Crippen LogP contribution in [0.4, 0.5) is 0 Å². The summed E-state index contributed by atoms with van der Waals surface area (Å²) >= 11 is 0. The lowest BCUT2D eigenvalue weighted by Gasteiger charge is -2.30. The molecule has 2 N–H and O–H groups in total. The van der Waals surface area contributed by atoms with Crippen LogP contribution in [0.15, 0.2) is 0 Å². The summed E-state index contributed by atoms with van der Waals surface area (Å²) in [6.07, 6.45) is 2.61. The number of hydrogen-bond acceptors (Lipinski definition) is 3. The van der Waals surface area contributed by atoms with Gasteiger partial charge in [-0.2, -0.15) is 0 Å². The van der Waals surface area contributed by atoms with E-state index in [4.69, 9.17) is 5.11 Å². The number of aliphatic hydroxyl groups excluding tert-OH is 1. The van der Waals surface area contributed by atoms with Crippen molar-refractivity contribution >= 4 is 5.91 Å². The highest BCUT2D eigenvalue weighted by molar-refractivity contribution is 5.76. The number of carbonyl (C=O) groups excluding carboxylic acids is 1. The Balaban J connectivity index is 2.52. The smallest absolute Gasteiger partial charge is 0.221 e.